The number of isothiocyanates is 1. The molecule has 18 nitrogen and oxygen atoms in total. The van der Waals surface area contributed by atoms with E-state index >= 15 is 0 Å². The number of nitrogens with two attached hydrogens (primary N) is 1. The number of rotatable bonds is 6. The van der Waals surface area contributed by atoms with Crippen molar-refractivity contribution >= 4 is 81.6 Å². The van der Waals surface area contributed by atoms with Crippen molar-refractivity contribution in [2.75, 3.05) is 65.5 Å². The Labute approximate surface area is 354 Å². The first-order valence-corrected chi connectivity index (χ1v) is 19.0. The molecular formula is C40H42N8O10S2. The summed E-state index contributed by atoms with van der Waals surface area (Å²) in [5.41, 5.74) is 9.78. The Kier molecular flexibility index (Phi) is 14.8. The molecule has 20 heteroatoms. The number of carbonyl (C=O) groups excluding carboxylic acids is 3. The van der Waals surface area contributed by atoms with Gasteiger partial charge in [0.15, 0.2) is 5.11 Å². The molecular weight excluding hydrogens is 817 g/mol. The van der Waals surface area contributed by atoms with E-state index in [1.54, 1.807) is 58.3 Å². The molecule has 6 heterocycles. The zero-order chi connectivity index (χ0) is 42.2. The standard InChI is InChI=1S/C15H15N3O4S.C13H15N3O4.C11H8N2O2S.CH4/c19-8-14(20)17-4-3-10-5-11(1-2-13(10)17)18-7-12(6-16-9-23)22-15(18)21;14-6-10-7-16(13(19)20-10)9-1-2-11-8(5-9)3-4-15(11)12(17)18;14-9-5-1-3-7-12(9)11(16)13-8-4-2-6-10(13)15;/h1-2,5,12,19H,3-4,6-8H2;1-2,5,10H,3-4,6-7,14H2,(H,17,18);1-8H;1H4/t12-;10-;;/m00../s1. The van der Waals surface area contributed by atoms with E-state index in [9.17, 15) is 28.8 Å². The van der Waals surface area contributed by atoms with Gasteiger partial charge in [0.1, 0.15) is 18.8 Å². The maximum atomic E-state index is 12.0. The minimum Gasteiger partial charge on any atom is -0.465 e. The van der Waals surface area contributed by atoms with Crippen LogP contribution in [0.25, 0.3) is 0 Å². The van der Waals surface area contributed by atoms with Crippen molar-refractivity contribution in [1.82, 2.24) is 9.13 Å². The zero-order valence-electron chi connectivity index (χ0n) is 31.3. The number of carbonyl (C=O) groups is 4. The Morgan fingerprint density at radius 1 is 0.783 bits per heavy atom. The van der Waals surface area contributed by atoms with E-state index in [1.165, 1.54) is 43.5 Å². The van der Waals surface area contributed by atoms with Crippen LogP contribution in [-0.4, -0.2) is 112 Å². The number of fused-ring (bicyclic) bond motifs is 2. The highest BCUT2D eigenvalue weighted by Gasteiger charge is 2.34. The molecule has 4 N–H and O–H groups in total. The number of hydrogen-bond acceptors (Lipinski definition) is 13. The first kappa shape index (κ1) is 44.5. The van der Waals surface area contributed by atoms with Crippen LogP contribution in [0.1, 0.15) is 18.6 Å². The molecule has 0 aliphatic carbocycles. The molecule has 2 atom stereocenters. The lowest BCUT2D eigenvalue weighted by atomic mass is 10.1. The lowest BCUT2D eigenvalue weighted by molar-refractivity contribution is -0.121. The van der Waals surface area contributed by atoms with Crippen LogP contribution in [0.15, 0.2) is 99.8 Å². The Morgan fingerprint density at radius 2 is 1.28 bits per heavy atom. The predicted octanol–water partition coefficient (Wildman–Crippen LogP) is 3.33. The zero-order valence-corrected chi connectivity index (χ0v) is 32.9. The summed E-state index contributed by atoms with van der Waals surface area (Å²) in [5.74, 6) is -0.324. The Balaban J connectivity index is 0.000000172. The summed E-state index contributed by atoms with van der Waals surface area (Å²) in [6, 6.07) is 20.1. The Hall–Kier alpha value is -6.57. The lowest BCUT2D eigenvalue weighted by Gasteiger charge is -2.18. The highest BCUT2D eigenvalue weighted by Crippen LogP contribution is 2.34. The molecule has 4 aliphatic heterocycles. The van der Waals surface area contributed by atoms with Crippen LogP contribution in [0.5, 0.6) is 0 Å². The summed E-state index contributed by atoms with van der Waals surface area (Å²) < 4.78 is 12.8. The maximum Gasteiger partial charge on any atom is 0.414 e. The van der Waals surface area contributed by atoms with Gasteiger partial charge in [-0.1, -0.05) is 19.6 Å². The van der Waals surface area contributed by atoms with Crippen molar-refractivity contribution in [2.45, 2.75) is 32.5 Å². The van der Waals surface area contributed by atoms with Gasteiger partial charge in [0, 0.05) is 61.2 Å². The van der Waals surface area contributed by atoms with Gasteiger partial charge in [-0.2, -0.15) is 0 Å². The van der Waals surface area contributed by atoms with Crippen LogP contribution >= 0.6 is 24.4 Å². The smallest absolute Gasteiger partial charge is 0.414 e. The number of ether oxygens (including phenoxy) is 2. The molecule has 0 spiro atoms. The van der Waals surface area contributed by atoms with E-state index in [2.05, 4.69) is 22.4 Å². The number of anilines is 4. The van der Waals surface area contributed by atoms with Gasteiger partial charge >= 0.3 is 18.3 Å². The number of carboxylic acid groups (broad SMARTS) is 1. The fourth-order valence-electron chi connectivity index (χ4n) is 6.76. The molecule has 0 unspecified atom stereocenters. The summed E-state index contributed by atoms with van der Waals surface area (Å²) in [6.45, 7) is 1.89. The molecule has 0 bridgehead atoms. The molecule has 2 aromatic heterocycles. The summed E-state index contributed by atoms with van der Waals surface area (Å²) in [4.78, 5) is 79.2. The second kappa shape index (κ2) is 19.9. The fourth-order valence-corrected chi connectivity index (χ4v) is 7.14. The number of hydrogen-bond donors (Lipinski definition) is 3. The number of aliphatic imine (C=N–C) groups is 1. The largest absolute Gasteiger partial charge is 0.465 e. The number of cyclic esters (lactones) is 2. The second-order valence-electron chi connectivity index (χ2n) is 13.3. The van der Waals surface area contributed by atoms with Gasteiger partial charge in [-0.15, -0.1) is 0 Å². The SMILES string of the molecule is C.NC[C@H]1CN(c2ccc3c(c2)CCN3C(=O)O)C(=O)O1.O=C1O[C@@H](CN=C=S)CN1c1ccc2c(c1)CCN2C(=O)CO.O=c1ccccn1C(=S)n1ccccc1=O. The maximum absolute atomic E-state index is 12.0. The van der Waals surface area contributed by atoms with Crippen LogP contribution in [0, 0.1) is 0 Å². The van der Waals surface area contributed by atoms with Crippen molar-refractivity contribution < 1.29 is 38.9 Å². The molecule has 4 aromatic rings. The number of benzene rings is 2. The van der Waals surface area contributed by atoms with Gasteiger partial charge < -0.3 is 30.3 Å². The molecule has 0 radical (unpaired) electrons. The Bertz CT molecular complexity index is 2400. The average molecular weight is 859 g/mol. The second-order valence-corrected chi connectivity index (χ2v) is 13.8. The highest BCUT2D eigenvalue weighted by atomic mass is 32.1. The summed E-state index contributed by atoms with van der Waals surface area (Å²) in [7, 11) is 0. The lowest BCUT2D eigenvalue weighted by Crippen LogP contribution is -2.35. The van der Waals surface area contributed by atoms with E-state index in [4.69, 9.17) is 37.6 Å². The quantitative estimate of drug-likeness (QED) is 0.187. The number of nitrogens with zero attached hydrogens (tertiary/aromatic N) is 7. The van der Waals surface area contributed by atoms with Crippen LogP contribution < -0.4 is 36.5 Å². The van der Waals surface area contributed by atoms with E-state index in [0.29, 0.717) is 57.8 Å². The minimum atomic E-state index is -0.958. The summed E-state index contributed by atoms with van der Waals surface area (Å²) in [6.07, 6.45) is 2.00. The van der Waals surface area contributed by atoms with Gasteiger partial charge in [-0.3, -0.25) is 38.2 Å². The number of aromatic nitrogens is 2. The third-order valence-corrected chi connectivity index (χ3v) is 10.2. The number of thiocarbonyl (C=S) groups is 2. The predicted molar refractivity (Wildman–Crippen MR) is 231 cm³/mol. The van der Waals surface area contributed by atoms with E-state index < -0.39 is 24.9 Å². The van der Waals surface area contributed by atoms with E-state index in [-0.39, 0.29) is 41.8 Å². The molecule has 2 saturated heterocycles. The van der Waals surface area contributed by atoms with Gasteiger partial charge in [-0.25, -0.2) is 19.4 Å². The molecule has 2 fully saturated rings. The van der Waals surface area contributed by atoms with Crippen molar-refractivity contribution in [3.05, 3.63) is 117 Å². The molecule has 4 amide bonds. The van der Waals surface area contributed by atoms with Crippen LogP contribution in [0.4, 0.5) is 37.1 Å². The number of pyridine rings is 2. The average Bonchev–Trinajstić information content (AvgIpc) is 4.04. The Morgan fingerprint density at radius 3 is 1.75 bits per heavy atom. The number of amides is 4. The van der Waals surface area contributed by atoms with Crippen molar-refractivity contribution in [2.24, 2.45) is 10.7 Å². The highest BCUT2D eigenvalue weighted by molar-refractivity contribution is 7.80. The first-order valence-electron chi connectivity index (χ1n) is 18.2. The first-order chi connectivity index (χ1) is 28.4. The van der Waals surface area contributed by atoms with Crippen molar-refractivity contribution in [1.29, 1.82) is 0 Å². The van der Waals surface area contributed by atoms with Gasteiger partial charge in [0.05, 0.1) is 30.5 Å². The van der Waals surface area contributed by atoms with Crippen LogP contribution in [-0.2, 0) is 27.1 Å². The van der Waals surface area contributed by atoms with Crippen LogP contribution in [0.3, 0.4) is 0 Å². The molecule has 314 valence electrons. The molecule has 4 aliphatic rings. The molecule has 60 heavy (non-hydrogen) atoms. The summed E-state index contributed by atoms with van der Waals surface area (Å²) >= 11 is 9.60. The van der Waals surface area contributed by atoms with E-state index in [0.717, 1.165) is 28.2 Å². The van der Waals surface area contributed by atoms with Gasteiger partial charge in [0.25, 0.3) is 17.0 Å². The topological polar surface area (TPSA) is 223 Å². The molecule has 0 saturated carbocycles. The van der Waals surface area contributed by atoms with Gasteiger partial charge in [0.2, 0.25) is 0 Å². The van der Waals surface area contributed by atoms with E-state index in [1.807, 2.05) is 12.1 Å². The minimum absolute atomic E-state index is 0. The number of aliphatic hydroxyl groups excluding tert-OH is 1. The van der Waals surface area contributed by atoms with Crippen LogP contribution in [0.2, 0.25) is 0 Å². The monoisotopic (exact) mass is 858 g/mol. The number of aliphatic hydroxyl groups is 1. The molecule has 2 aromatic carbocycles. The van der Waals surface area contributed by atoms with Crippen molar-refractivity contribution in [3.8, 4) is 0 Å². The third kappa shape index (κ3) is 9.82. The normalized spacial score (nSPS) is 17.1. The molecule has 8 rings (SSSR count). The van der Waals surface area contributed by atoms with Gasteiger partial charge in [-0.05, 0) is 96.9 Å². The summed E-state index contributed by atoms with van der Waals surface area (Å²) in [5, 5.41) is 20.5. The van der Waals surface area contributed by atoms with Crippen molar-refractivity contribution in [3.63, 3.8) is 0 Å². The third-order valence-electron chi connectivity index (χ3n) is 9.64. The fraction of sp³-hybridized carbons (Fsp3) is 0.300.